The summed E-state index contributed by atoms with van der Waals surface area (Å²) in [5.41, 5.74) is 1.23. The van der Waals surface area contributed by atoms with Gasteiger partial charge in [0, 0.05) is 6.54 Å². The SMILES string of the molecule is C=CCc1ccccc1OCCCN1CCCCCC1.C=O.CC. The number of para-hydroxylation sites is 1. The van der Waals surface area contributed by atoms with Gasteiger partial charge in [0.05, 0.1) is 6.61 Å². The number of benzene rings is 1. The van der Waals surface area contributed by atoms with E-state index in [0.29, 0.717) is 0 Å². The van der Waals surface area contributed by atoms with Crippen molar-refractivity contribution in [3.8, 4) is 5.75 Å². The van der Waals surface area contributed by atoms with Gasteiger partial charge in [-0.25, -0.2) is 0 Å². The average Bonchev–Trinajstić information content (AvgIpc) is 2.92. The van der Waals surface area contributed by atoms with E-state index in [1.807, 2.05) is 32.8 Å². The fraction of sp³-hybridized carbons (Fsp3) is 0.571. The van der Waals surface area contributed by atoms with Crippen LogP contribution in [0.25, 0.3) is 0 Å². The quantitative estimate of drug-likeness (QED) is 0.525. The molecule has 0 unspecified atom stereocenters. The Hall–Kier alpha value is -1.61. The Morgan fingerprint density at radius 3 is 2.33 bits per heavy atom. The van der Waals surface area contributed by atoms with Crippen LogP contribution < -0.4 is 4.74 Å². The largest absolute Gasteiger partial charge is 0.493 e. The molecular formula is C21H35NO2. The molecule has 1 aliphatic rings. The van der Waals surface area contributed by atoms with Gasteiger partial charge >= 0.3 is 0 Å². The standard InChI is InChI=1S/C18H27NO.C2H6.CH2O/c1-2-10-17-11-5-6-12-18(17)20-16-9-15-19-13-7-3-4-8-14-19;2*1-2/h2,5-6,11-12H,1,3-4,7-10,13-16H2;1-2H3;1H2. The lowest BCUT2D eigenvalue weighted by atomic mass is 10.1. The molecular weight excluding hydrogens is 298 g/mol. The highest BCUT2D eigenvalue weighted by atomic mass is 16.5. The number of nitrogens with zero attached hydrogens (tertiary/aromatic N) is 1. The van der Waals surface area contributed by atoms with Gasteiger partial charge in [0.1, 0.15) is 12.5 Å². The minimum Gasteiger partial charge on any atom is -0.493 e. The summed E-state index contributed by atoms with van der Waals surface area (Å²) >= 11 is 0. The van der Waals surface area contributed by atoms with Crippen molar-refractivity contribution >= 4 is 6.79 Å². The summed E-state index contributed by atoms with van der Waals surface area (Å²) in [4.78, 5) is 10.6. The number of ether oxygens (including phenoxy) is 1. The number of hydrogen-bond donors (Lipinski definition) is 0. The minimum atomic E-state index is 0.810. The van der Waals surface area contributed by atoms with Gasteiger partial charge in [0.2, 0.25) is 0 Å². The van der Waals surface area contributed by atoms with Crippen molar-refractivity contribution in [3.05, 3.63) is 42.5 Å². The van der Waals surface area contributed by atoms with Gasteiger partial charge in [-0.05, 0) is 50.4 Å². The molecule has 1 heterocycles. The van der Waals surface area contributed by atoms with Crippen LogP contribution >= 0.6 is 0 Å². The van der Waals surface area contributed by atoms with Gasteiger partial charge < -0.3 is 14.4 Å². The summed E-state index contributed by atoms with van der Waals surface area (Å²) in [7, 11) is 0. The Labute approximate surface area is 148 Å². The van der Waals surface area contributed by atoms with Crippen LogP contribution in [0.3, 0.4) is 0 Å². The maximum atomic E-state index is 8.00. The van der Waals surface area contributed by atoms with E-state index < -0.39 is 0 Å². The van der Waals surface area contributed by atoms with E-state index in [4.69, 9.17) is 9.53 Å². The molecule has 1 aromatic carbocycles. The highest BCUT2D eigenvalue weighted by Gasteiger charge is 2.08. The fourth-order valence-electron chi connectivity index (χ4n) is 2.80. The first-order valence-electron chi connectivity index (χ1n) is 9.23. The summed E-state index contributed by atoms with van der Waals surface area (Å²) in [5.74, 6) is 1.02. The van der Waals surface area contributed by atoms with E-state index in [1.54, 1.807) is 0 Å². The van der Waals surface area contributed by atoms with E-state index in [-0.39, 0.29) is 0 Å². The van der Waals surface area contributed by atoms with Gasteiger partial charge in [0.25, 0.3) is 0 Å². The highest BCUT2D eigenvalue weighted by molar-refractivity contribution is 5.34. The lowest BCUT2D eigenvalue weighted by Crippen LogP contribution is -2.26. The zero-order chi connectivity index (χ0) is 18.0. The Bertz CT molecular complexity index is 412. The number of carbonyl (C=O) groups excluding carboxylic acids is 1. The maximum absolute atomic E-state index is 8.00. The smallest absolute Gasteiger partial charge is 0.122 e. The molecule has 0 N–H and O–H groups in total. The van der Waals surface area contributed by atoms with Crippen molar-refractivity contribution in [2.24, 2.45) is 0 Å². The first-order valence-corrected chi connectivity index (χ1v) is 9.23. The lowest BCUT2D eigenvalue weighted by Gasteiger charge is -2.19. The first-order chi connectivity index (χ1) is 11.9. The molecule has 3 nitrogen and oxygen atoms in total. The second-order valence-electron chi connectivity index (χ2n) is 5.56. The number of hydrogen-bond acceptors (Lipinski definition) is 3. The molecule has 136 valence electrons. The van der Waals surface area contributed by atoms with Crippen molar-refractivity contribution < 1.29 is 9.53 Å². The van der Waals surface area contributed by atoms with Crippen LogP contribution in [-0.4, -0.2) is 37.9 Å². The maximum Gasteiger partial charge on any atom is 0.122 e. The predicted octanol–water partition coefficient (Wildman–Crippen LogP) is 4.90. The van der Waals surface area contributed by atoms with E-state index in [1.165, 1.54) is 50.9 Å². The van der Waals surface area contributed by atoms with Crippen LogP contribution in [-0.2, 0) is 11.2 Å². The average molecular weight is 334 g/mol. The first kappa shape index (κ1) is 22.4. The number of allylic oxidation sites excluding steroid dienone is 1. The zero-order valence-corrected chi connectivity index (χ0v) is 15.6. The summed E-state index contributed by atoms with van der Waals surface area (Å²) in [6.07, 6.45) is 9.46. The van der Waals surface area contributed by atoms with Crippen molar-refractivity contribution in [3.63, 3.8) is 0 Å². The molecule has 1 aromatic rings. The minimum absolute atomic E-state index is 0.810. The zero-order valence-electron chi connectivity index (χ0n) is 15.6. The second kappa shape index (κ2) is 16.3. The topological polar surface area (TPSA) is 29.5 Å². The molecule has 2 rings (SSSR count). The highest BCUT2D eigenvalue weighted by Crippen LogP contribution is 2.19. The Morgan fingerprint density at radius 2 is 1.71 bits per heavy atom. The molecule has 0 radical (unpaired) electrons. The molecule has 1 aliphatic heterocycles. The number of likely N-dealkylation sites (tertiary alicyclic amines) is 1. The summed E-state index contributed by atoms with van der Waals surface area (Å²) in [6.45, 7) is 14.3. The van der Waals surface area contributed by atoms with Crippen LogP contribution in [0.15, 0.2) is 36.9 Å². The predicted molar refractivity (Wildman–Crippen MR) is 104 cm³/mol. The molecule has 0 saturated carbocycles. The van der Waals surface area contributed by atoms with E-state index in [9.17, 15) is 0 Å². The van der Waals surface area contributed by atoms with Crippen LogP contribution in [0.2, 0.25) is 0 Å². The van der Waals surface area contributed by atoms with Crippen molar-refractivity contribution in [2.45, 2.75) is 52.4 Å². The molecule has 0 amide bonds. The van der Waals surface area contributed by atoms with Gasteiger partial charge in [-0.15, -0.1) is 6.58 Å². The van der Waals surface area contributed by atoms with Gasteiger partial charge in [-0.3, -0.25) is 0 Å². The molecule has 0 aromatic heterocycles. The summed E-state index contributed by atoms with van der Waals surface area (Å²) in [6, 6.07) is 8.27. The molecule has 1 saturated heterocycles. The molecule has 0 spiro atoms. The Morgan fingerprint density at radius 1 is 1.08 bits per heavy atom. The third kappa shape index (κ3) is 9.51. The molecule has 1 fully saturated rings. The molecule has 0 aliphatic carbocycles. The molecule has 0 atom stereocenters. The van der Waals surface area contributed by atoms with Gasteiger partial charge in [0.15, 0.2) is 0 Å². The Kier molecular flexibility index (Phi) is 15.2. The fourth-order valence-corrected chi connectivity index (χ4v) is 2.80. The van der Waals surface area contributed by atoms with Crippen molar-refractivity contribution in [2.75, 3.05) is 26.2 Å². The van der Waals surface area contributed by atoms with Crippen molar-refractivity contribution in [1.29, 1.82) is 0 Å². The monoisotopic (exact) mass is 333 g/mol. The Balaban J connectivity index is 0.00000123. The van der Waals surface area contributed by atoms with Crippen molar-refractivity contribution in [1.82, 2.24) is 4.90 Å². The number of carbonyl (C=O) groups is 1. The molecule has 24 heavy (non-hydrogen) atoms. The third-order valence-corrected chi connectivity index (χ3v) is 3.91. The second-order valence-corrected chi connectivity index (χ2v) is 5.56. The van der Waals surface area contributed by atoms with E-state index in [2.05, 4.69) is 29.7 Å². The van der Waals surface area contributed by atoms with E-state index >= 15 is 0 Å². The lowest BCUT2D eigenvalue weighted by molar-refractivity contribution is -0.0979. The van der Waals surface area contributed by atoms with Gasteiger partial charge in [-0.1, -0.05) is 51.0 Å². The molecule has 3 heteroatoms. The summed E-state index contributed by atoms with van der Waals surface area (Å²) < 4.78 is 5.94. The number of rotatable bonds is 7. The van der Waals surface area contributed by atoms with E-state index in [0.717, 1.165) is 25.2 Å². The van der Waals surface area contributed by atoms with Crippen LogP contribution in [0, 0.1) is 0 Å². The van der Waals surface area contributed by atoms with Gasteiger partial charge in [-0.2, -0.15) is 0 Å². The van der Waals surface area contributed by atoms with Crippen LogP contribution in [0.1, 0.15) is 51.5 Å². The summed E-state index contributed by atoms with van der Waals surface area (Å²) in [5, 5.41) is 0. The van der Waals surface area contributed by atoms with Crippen LogP contribution in [0.5, 0.6) is 5.75 Å². The van der Waals surface area contributed by atoms with Crippen LogP contribution in [0.4, 0.5) is 0 Å². The normalized spacial score (nSPS) is 14.2. The third-order valence-electron chi connectivity index (χ3n) is 3.91. The molecule has 0 bridgehead atoms.